The Balaban J connectivity index is 1.47. The Bertz CT molecular complexity index is 1060. The monoisotopic (exact) mass is 443 g/mol. The van der Waals surface area contributed by atoms with Gasteiger partial charge in [0.2, 0.25) is 5.91 Å². The van der Waals surface area contributed by atoms with Gasteiger partial charge in [-0.25, -0.2) is 4.39 Å². The zero-order valence-electron chi connectivity index (χ0n) is 16.2. The first kappa shape index (κ1) is 22.0. The molecule has 0 atom stereocenters. The number of benzene rings is 2. The molecule has 0 spiro atoms. The Kier molecular flexibility index (Phi) is 7.03. The van der Waals surface area contributed by atoms with Crippen molar-refractivity contribution in [2.75, 3.05) is 19.7 Å². The molecule has 8 nitrogen and oxygen atoms in total. The molecule has 3 N–H and O–H groups in total. The van der Waals surface area contributed by atoms with Crippen LogP contribution in [0.15, 0.2) is 53.4 Å². The normalized spacial score (nSPS) is 14.7. The lowest BCUT2D eigenvalue weighted by atomic mass is 10.2. The summed E-state index contributed by atoms with van der Waals surface area (Å²) >= 11 is 0.716. The van der Waals surface area contributed by atoms with E-state index in [1.165, 1.54) is 48.5 Å². The number of hydrogen-bond donors (Lipinski definition) is 2. The first-order chi connectivity index (χ1) is 14.8. The van der Waals surface area contributed by atoms with Crippen molar-refractivity contribution in [2.45, 2.75) is 0 Å². The van der Waals surface area contributed by atoms with E-state index in [1.807, 2.05) is 0 Å². The van der Waals surface area contributed by atoms with Gasteiger partial charge in [-0.15, -0.1) is 0 Å². The Morgan fingerprint density at radius 3 is 2.52 bits per heavy atom. The van der Waals surface area contributed by atoms with Crippen LogP contribution in [0.3, 0.4) is 0 Å². The molecule has 3 rings (SSSR count). The second kappa shape index (κ2) is 9.90. The maximum absolute atomic E-state index is 13.8. The number of nitrogens with two attached hydrogens (primary N) is 1. The Hall–Kier alpha value is -3.66. The zero-order valence-corrected chi connectivity index (χ0v) is 17.0. The van der Waals surface area contributed by atoms with Crippen LogP contribution in [0.25, 0.3) is 6.08 Å². The lowest BCUT2D eigenvalue weighted by Crippen LogP contribution is -2.38. The molecule has 1 fully saturated rings. The molecule has 0 radical (unpaired) electrons. The van der Waals surface area contributed by atoms with E-state index in [2.05, 4.69) is 5.32 Å². The third-order valence-corrected chi connectivity index (χ3v) is 5.14. The second-order valence-corrected chi connectivity index (χ2v) is 7.38. The van der Waals surface area contributed by atoms with Gasteiger partial charge in [-0.05, 0) is 48.2 Å². The lowest BCUT2D eigenvalue weighted by molar-refractivity contribution is -0.125. The van der Waals surface area contributed by atoms with Gasteiger partial charge in [0, 0.05) is 24.2 Å². The van der Waals surface area contributed by atoms with Crippen molar-refractivity contribution in [2.24, 2.45) is 5.73 Å². The summed E-state index contributed by atoms with van der Waals surface area (Å²) in [7, 11) is 0. The number of rotatable bonds is 8. The minimum absolute atomic E-state index is 0.0294. The first-order valence-corrected chi connectivity index (χ1v) is 9.96. The van der Waals surface area contributed by atoms with Crippen LogP contribution in [0.5, 0.6) is 5.75 Å². The fraction of sp³-hybridized carbons (Fsp3) is 0.143. The van der Waals surface area contributed by atoms with E-state index < -0.39 is 28.8 Å². The Labute approximate surface area is 181 Å². The highest BCUT2D eigenvalue weighted by atomic mass is 32.2. The number of halogens is 1. The van der Waals surface area contributed by atoms with Crippen LogP contribution in [-0.4, -0.2) is 47.6 Å². The summed E-state index contributed by atoms with van der Waals surface area (Å²) < 4.78 is 19.1. The number of amides is 4. The van der Waals surface area contributed by atoms with Gasteiger partial charge < -0.3 is 15.8 Å². The van der Waals surface area contributed by atoms with E-state index in [0.717, 1.165) is 4.90 Å². The summed E-state index contributed by atoms with van der Waals surface area (Å²) in [5.74, 6) is -1.68. The fourth-order valence-corrected chi connectivity index (χ4v) is 3.50. The molecule has 1 saturated heterocycles. The largest absolute Gasteiger partial charge is 0.484 e. The third kappa shape index (κ3) is 5.70. The van der Waals surface area contributed by atoms with Crippen LogP contribution in [0.1, 0.15) is 15.9 Å². The molecular formula is C21H18FN3O5S. The van der Waals surface area contributed by atoms with E-state index in [1.54, 1.807) is 6.07 Å². The molecule has 1 aliphatic heterocycles. The van der Waals surface area contributed by atoms with Crippen molar-refractivity contribution in [1.82, 2.24) is 10.2 Å². The molecule has 160 valence electrons. The molecule has 10 heteroatoms. The summed E-state index contributed by atoms with van der Waals surface area (Å²) in [6, 6.07) is 11.9. The number of carbonyl (C=O) groups excluding carboxylic acids is 4. The number of nitrogens with one attached hydrogen (secondary N) is 1. The molecule has 4 amide bonds. The standard InChI is InChI=1S/C21H18FN3O5S/c22-16-4-2-1-3-14(16)11-17-20(28)25(21(29)31-17)10-9-24-18(26)12-30-15-7-5-13(6-8-15)19(23)27/h1-8,11H,9-10,12H2,(H2,23,27)(H,24,26)/b17-11-. The van der Waals surface area contributed by atoms with Crippen LogP contribution in [-0.2, 0) is 9.59 Å². The molecule has 0 unspecified atom stereocenters. The van der Waals surface area contributed by atoms with Crippen molar-refractivity contribution >= 4 is 40.8 Å². The quantitative estimate of drug-likeness (QED) is 0.604. The summed E-state index contributed by atoms with van der Waals surface area (Å²) in [5, 5.41) is 2.06. The molecule has 2 aromatic rings. The molecule has 2 aromatic carbocycles. The molecule has 31 heavy (non-hydrogen) atoms. The predicted molar refractivity (Wildman–Crippen MR) is 113 cm³/mol. The number of primary amides is 1. The molecule has 0 aliphatic carbocycles. The molecule has 0 bridgehead atoms. The van der Waals surface area contributed by atoms with Crippen LogP contribution in [0, 0.1) is 5.82 Å². The van der Waals surface area contributed by atoms with Gasteiger partial charge in [0.1, 0.15) is 11.6 Å². The van der Waals surface area contributed by atoms with Crippen molar-refractivity contribution < 1.29 is 28.3 Å². The third-order valence-electron chi connectivity index (χ3n) is 4.23. The van der Waals surface area contributed by atoms with Crippen molar-refractivity contribution in [3.63, 3.8) is 0 Å². The van der Waals surface area contributed by atoms with Crippen LogP contribution >= 0.6 is 11.8 Å². The molecule has 0 saturated carbocycles. The predicted octanol–water partition coefficient (Wildman–Crippen LogP) is 2.16. The van der Waals surface area contributed by atoms with Crippen molar-refractivity contribution in [3.05, 3.63) is 70.4 Å². The minimum atomic E-state index is -0.569. The maximum Gasteiger partial charge on any atom is 0.293 e. The summed E-state index contributed by atoms with van der Waals surface area (Å²) in [6.07, 6.45) is 1.33. The molecule has 0 aromatic heterocycles. The fourth-order valence-electron chi connectivity index (χ4n) is 2.65. The SMILES string of the molecule is NC(=O)c1ccc(OCC(=O)NCCN2C(=O)S/C(=C\c3ccccc3F)C2=O)cc1. The maximum atomic E-state index is 13.8. The topological polar surface area (TPSA) is 119 Å². The van der Waals surface area contributed by atoms with E-state index >= 15 is 0 Å². The number of imide groups is 1. The highest BCUT2D eigenvalue weighted by Crippen LogP contribution is 2.32. The highest BCUT2D eigenvalue weighted by molar-refractivity contribution is 8.18. The van der Waals surface area contributed by atoms with Gasteiger partial charge in [0.15, 0.2) is 6.61 Å². The van der Waals surface area contributed by atoms with Crippen LogP contribution in [0.4, 0.5) is 9.18 Å². The second-order valence-electron chi connectivity index (χ2n) is 6.38. The molecule has 1 heterocycles. The lowest BCUT2D eigenvalue weighted by Gasteiger charge is -2.13. The number of thioether (sulfide) groups is 1. The smallest absolute Gasteiger partial charge is 0.293 e. The Morgan fingerprint density at radius 2 is 1.84 bits per heavy atom. The van der Waals surface area contributed by atoms with Crippen LogP contribution < -0.4 is 15.8 Å². The molecule has 1 aliphatic rings. The Morgan fingerprint density at radius 1 is 1.13 bits per heavy atom. The van der Waals surface area contributed by atoms with Gasteiger partial charge in [0.05, 0.1) is 4.91 Å². The number of ether oxygens (including phenoxy) is 1. The summed E-state index contributed by atoms with van der Waals surface area (Å²) in [4.78, 5) is 48.6. The minimum Gasteiger partial charge on any atom is -0.484 e. The van der Waals surface area contributed by atoms with Crippen molar-refractivity contribution in [1.29, 1.82) is 0 Å². The average molecular weight is 443 g/mol. The zero-order chi connectivity index (χ0) is 22.4. The number of hydrogen-bond acceptors (Lipinski definition) is 6. The van der Waals surface area contributed by atoms with E-state index in [-0.39, 0.29) is 30.2 Å². The summed E-state index contributed by atoms with van der Waals surface area (Å²) in [5.41, 5.74) is 5.68. The first-order valence-electron chi connectivity index (χ1n) is 9.14. The van der Waals surface area contributed by atoms with Gasteiger partial charge >= 0.3 is 0 Å². The van der Waals surface area contributed by atoms with Gasteiger partial charge in [0.25, 0.3) is 17.1 Å². The van der Waals surface area contributed by atoms with Crippen LogP contribution in [0.2, 0.25) is 0 Å². The highest BCUT2D eigenvalue weighted by Gasteiger charge is 2.34. The van der Waals surface area contributed by atoms with E-state index in [4.69, 9.17) is 10.5 Å². The van der Waals surface area contributed by atoms with E-state index in [9.17, 15) is 23.6 Å². The van der Waals surface area contributed by atoms with Gasteiger partial charge in [-0.1, -0.05) is 18.2 Å². The van der Waals surface area contributed by atoms with Gasteiger partial charge in [-0.2, -0.15) is 0 Å². The number of carbonyl (C=O) groups is 4. The summed E-state index contributed by atoms with van der Waals surface area (Å²) in [6.45, 7) is -0.281. The number of nitrogens with zero attached hydrogens (tertiary/aromatic N) is 1. The average Bonchev–Trinajstić information content (AvgIpc) is 3.01. The molecular weight excluding hydrogens is 425 g/mol. The van der Waals surface area contributed by atoms with E-state index in [0.29, 0.717) is 23.1 Å². The van der Waals surface area contributed by atoms with Crippen molar-refractivity contribution in [3.8, 4) is 5.75 Å². The van der Waals surface area contributed by atoms with Gasteiger partial charge in [-0.3, -0.25) is 24.1 Å².